The van der Waals surface area contributed by atoms with E-state index in [0.29, 0.717) is 13.0 Å². The average Bonchev–Trinajstić information content (AvgIpc) is 2.23. The summed E-state index contributed by atoms with van der Waals surface area (Å²) < 4.78 is 4.93. The minimum absolute atomic E-state index is 0.0783. The second kappa shape index (κ2) is 6.28. The van der Waals surface area contributed by atoms with Crippen molar-refractivity contribution >= 4 is 11.7 Å². The molecule has 0 amide bonds. The Hall–Kier alpha value is -1.51. The average molecular weight is 235 g/mol. The van der Waals surface area contributed by atoms with Crippen LogP contribution in [0.1, 0.15) is 31.4 Å². The van der Waals surface area contributed by atoms with Gasteiger partial charge in [0.05, 0.1) is 13.0 Å². The lowest BCUT2D eigenvalue weighted by Gasteiger charge is -2.16. The van der Waals surface area contributed by atoms with Gasteiger partial charge in [-0.05, 0) is 44.9 Å². The van der Waals surface area contributed by atoms with Crippen LogP contribution in [0.25, 0.3) is 0 Å². The highest BCUT2D eigenvalue weighted by Gasteiger charge is 2.10. The second-order valence-corrected chi connectivity index (χ2v) is 4.37. The first kappa shape index (κ1) is 13.6. The normalized spacial score (nSPS) is 12.0. The molecule has 3 heteroatoms. The van der Waals surface area contributed by atoms with Gasteiger partial charge < -0.3 is 10.1 Å². The van der Waals surface area contributed by atoms with Crippen molar-refractivity contribution in [1.29, 1.82) is 0 Å². The largest absolute Gasteiger partial charge is 0.466 e. The fraction of sp³-hybridized carbons (Fsp3) is 0.500. The van der Waals surface area contributed by atoms with Gasteiger partial charge in [-0.2, -0.15) is 0 Å². The number of anilines is 1. The number of carbonyl (C=O) groups excluding carboxylic acids is 1. The SMILES string of the molecule is CCOC(=O)CC(C)Nc1cc(C)ccc1C. The molecule has 1 aromatic rings. The third-order valence-corrected chi connectivity index (χ3v) is 2.57. The molecule has 0 saturated carbocycles. The number of esters is 1. The summed E-state index contributed by atoms with van der Waals surface area (Å²) in [6.45, 7) is 8.36. The Morgan fingerprint density at radius 3 is 2.76 bits per heavy atom. The third kappa shape index (κ3) is 4.47. The molecule has 1 unspecified atom stereocenters. The Balaban J connectivity index is 2.58. The summed E-state index contributed by atoms with van der Waals surface area (Å²) in [6.07, 6.45) is 0.390. The Morgan fingerprint density at radius 2 is 2.12 bits per heavy atom. The summed E-state index contributed by atoms with van der Waals surface area (Å²) in [7, 11) is 0. The topological polar surface area (TPSA) is 38.3 Å². The van der Waals surface area contributed by atoms with Crippen molar-refractivity contribution in [2.45, 2.75) is 40.2 Å². The molecule has 0 saturated heterocycles. The van der Waals surface area contributed by atoms with E-state index in [4.69, 9.17) is 4.74 Å². The minimum Gasteiger partial charge on any atom is -0.466 e. The van der Waals surface area contributed by atoms with E-state index in [-0.39, 0.29) is 12.0 Å². The molecule has 0 heterocycles. The maximum absolute atomic E-state index is 11.3. The summed E-state index contributed by atoms with van der Waals surface area (Å²) in [5, 5.41) is 3.34. The molecule has 0 aliphatic rings. The van der Waals surface area contributed by atoms with Crippen LogP contribution in [0, 0.1) is 13.8 Å². The Bertz CT molecular complexity index is 388. The molecular formula is C14H21NO2. The molecule has 0 radical (unpaired) electrons. The van der Waals surface area contributed by atoms with Crippen molar-refractivity contribution < 1.29 is 9.53 Å². The van der Waals surface area contributed by atoms with Crippen LogP contribution in [-0.4, -0.2) is 18.6 Å². The summed E-state index contributed by atoms with van der Waals surface area (Å²) >= 11 is 0. The number of nitrogens with one attached hydrogen (secondary N) is 1. The van der Waals surface area contributed by atoms with Gasteiger partial charge in [-0.1, -0.05) is 12.1 Å². The van der Waals surface area contributed by atoms with Gasteiger partial charge in [0.25, 0.3) is 0 Å². The zero-order chi connectivity index (χ0) is 12.8. The first-order valence-corrected chi connectivity index (χ1v) is 6.02. The highest BCUT2D eigenvalue weighted by atomic mass is 16.5. The van der Waals surface area contributed by atoms with Crippen LogP contribution in [0.2, 0.25) is 0 Å². The second-order valence-electron chi connectivity index (χ2n) is 4.37. The van der Waals surface area contributed by atoms with Gasteiger partial charge in [-0.15, -0.1) is 0 Å². The zero-order valence-electron chi connectivity index (χ0n) is 11.0. The summed E-state index contributed by atoms with van der Waals surface area (Å²) in [6, 6.07) is 6.33. The van der Waals surface area contributed by atoms with E-state index in [1.54, 1.807) is 0 Å². The molecule has 0 aliphatic heterocycles. The fourth-order valence-electron chi connectivity index (χ4n) is 1.68. The van der Waals surface area contributed by atoms with E-state index in [2.05, 4.69) is 37.4 Å². The van der Waals surface area contributed by atoms with Crippen molar-refractivity contribution in [3.8, 4) is 0 Å². The standard InChI is InChI=1S/C14H21NO2/c1-5-17-14(16)9-12(4)15-13-8-10(2)6-7-11(13)3/h6-8,12,15H,5,9H2,1-4H3. The van der Waals surface area contributed by atoms with Crippen LogP contribution >= 0.6 is 0 Å². The van der Waals surface area contributed by atoms with Crippen LogP contribution in [0.4, 0.5) is 5.69 Å². The molecule has 1 aromatic carbocycles. The number of ether oxygens (including phenoxy) is 1. The molecule has 0 aliphatic carbocycles. The molecule has 1 N–H and O–H groups in total. The van der Waals surface area contributed by atoms with Crippen molar-refractivity contribution in [2.24, 2.45) is 0 Å². The Labute approximate surface area is 103 Å². The highest BCUT2D eigenvalue weighted by molar-refractivity contribution is 5.70. The van der Waals surface area contributed by atoms with E-state index in [0.717, 1.165) is 5.69 Å². The van der Waals surface area contributed by atoms with E-state index in [1.165, 1.54) is 11.1 Å². The third-order valence-electron chi connectivity index (χ3n) is 2.57. The number of carbonyl (C=O) groups is 1. The summed E-state index contributed by atoms with van der Waals surface area (Å²) in [5.74, 6) is -0.155. The molecule has 0 bridgehead atoms. The Kier molecular flexibility index (Phi) is 5.01. The van der Waals surface area contributed by atoms with Gasteiger partial charge in [-0.25, -0.2) is 0 Å². The Morgan fingerprint density at radius 1 is 1.41 bits per heavy atom. The van der Waals surface area contributed by atoms with Crippen molar-refractivity contribution in [3.05, 3.63) is 29.3 Å². The molecule has 3 nitrogen and oxygen atoms in total. The van der Waals surface area contributed by atoms with Crippen molar-refractivity contribution in [3.63, 3.8) is 0 Å². The smallest absolute Gasteiger partial charge is 0.307 e. The first-order chi connectivity index (χ1) is 8.02. The lowest BCUT2D eigenvalue weighted by Crippen LogP contribution is -2.21. The highest BCUT2D eigenvalue weighted by Crippen LogP contribution is 2.18. The van der Waals surface area contributed by atoms with Gasteiger partial charge in [-0.3, -0.25) is 4.79 Å². The zero-order valence-corrected chi connectivity index (χ0v) is 11.0. The van der Waals surface area contributed by atoms with Gasteiger partial charge in [0.1, 0.15) is 0 Å². The summed E-state index contributed by atoms with van der Waals surface area (Å²) in [4.78, 5) is 11.3. The number of aryl methyl sites for hydroxylation is 2. The van der Waals surface area contributed by atoms with Gasteiger partial charge in [0, 0.05) is 11.7 Å². The quantitative estimate of drug-likeness (QED) is 0.797. The lowest BCUT2D eigenvalue weighted by molar-refractivity contribution is -0.143. The molecule has 0 fully saturated rings. The predicted octanol–water partition coefficient (Wildman–Crippen LogP) is 3.06. The molecule has 1 rings (SSSR count). The van der Waals surface area contributed by atoms with Crippen LogP contribution in [0.15, 0.2) is 18.2 Å². The predicted molar refractivity (Wildman–Crippen MR) is 70.3 cm³/mol. The molecule has 0 aromatic heterocycles. The van der Waals surface area contributed by atoms with Crippen LogP contribution in [0.5, 0.6) is 0 Å². The lowest BCUT2D eigenvalue weighted by atomic mass is 10.1. The first-order valence-electron chi connectivity index (χ1n) is 6.02. The number of benzene rings is 1. The number of hydrogen-bond donors (Lipinski definition) is 1. The fourth-order valence-corrected chi connectivity index (χ4v) is 1.68. The number of rotatable bonds is 5. The maximum Gasteiger partial charge on any atom is 0.307 e. The molecule has 0 spiro atoms. The molecule has 1 atom stereocenters. The van der Waals surface area contributed by atoms with Crippen LogP contribution in [-0.2, 0) is 9.53 Å². The molecule has 17 heavy (non-hydrogen) atoms. The van der Waals surface area contributed by atoms with E-state index >= 15 is 0 Å². The van der Waals surface area contributed by atoms with Crippen molar-refractivity contribution in [2.75, 3.05) is 11.9 Å². The van der Waals surface area contributed by atoms with E-state index in [9.17, 15) is 4.79 Å². The van der Waals surface area contributed by atoms with Crippen LogP contribution < -0.4 is 5.32 Å². The van der Waals surface area contributed by atoms with Gasteiger partial charge >= 0.3 is 5.97 Å². The van der Waals surface area contributed by atoms with E-state index in [1.807, 2.05) is 13.8 Å². The maximum atomic E-state index is 11.3. The molecular weight excluding hydrogens is 214 g/mol. The van der Waals surface area contributed by atoms with E-state index < -0.39 is 0 Å². The van der Waals surface area contributed by atoms with Crippen molar-refractivity contribution in [1.82, 2.24) is 0 Å². The van der Waals surface area contributed by atoms with Crippen LogP contribution in [0.3, 0.4) is 0 Å². The van der Waals surface area contributed by atoms with Gasteiger partial charge in [0.15, 0.2) is 0 Å². The van der Waals surface area contributed by atoms with Gasteiger partial charge in [0.2, 0.25) is 0 Å². The number of hydrogen-bond acceptors (Lipinski definition) is 3. The monoisotopic (exact) mass is 235 g/mol. The summed E-state index contributed by atoms with van der Waals surface area (Å²) in [5.41, 5.74) is 3.48. The molecule has 94 valence electrons. The minimum atomic E-state index is -0.155.